The summed E-state index contributed by atoms with van der Waals surface area (Å²) in [5.74, 6) is -0.209. The van der Waals surface area contributed by atoms with Crippen LogP contribution in [0.25, 0.3) is 0 Å². The van der Waals surface area contributed by atoms with Gasteiger partial charge in [-0.05, 0) is 40.5 Å². The van der Waals surface area contributed by atoms with Crippen LogP contribution < -0.4 is 0 Å². The molecule has 0 aliphatic heterocycles. The first-order valence-electron chi connectivity index (χ1n) is 8.64. The molecule has 0 saturated heterocycles. The number of benzene rings is 1. The van der Waals surface area contributed by atoms with Gasteiger partial charge >= 0.3 is 5.97 Å². The van der Waals surface area contributed by atoms with E-state index in [-0.39, 0.29) is 5.97 Å². The molecule has 3 nitrogen and oxygen atoms in total. The molecule has 1 aliphatic carbocycles. The van der Waals surface area contributed by atoms with Gasteiger partial charge in [-0.15, -0.1) is 0 Å². The van der Waals surface area contributed by atoms with Gasteiger partial charge in [0.05, 0.1) is 5.41 Å². The second-order valence-corrected chi connectivity index (χ2v) is 7.68. The van der Waals surface area contributed by atoms with Crippen LogP contribution in [0.15, 0.2) is 35.3 Å². The highest BCUT2D eigenvalue weighted by Gasteiger charge is 2.34. The molecule has 1 unspecified atom stereocenters. The van der Waals surface area contributed by atoms with Crippen molar-refractivity contribution in [2.75, 3.05) is 0 Å². The zero-order chi connectivity index (χ0) is 16.9. The number of nitrogens with zero attached hydrogens (tertiary/aromatic N) is 1. The highest BCUT2D eigenvalue weighted by atomic mass is 16.6. The van der Waals surface area contributed by atoms with E-state index < -0.39 is 11.0 Å². The summed E-state index contributed by atoms with van der Waals surface area (Å²) in [6, 6.07) is 10.2. The predicted octanol–water partition coefficient (Wildman–Crippen LogP) is 4.89. The maximum absolute atomic E-state index is 12.4. The van der Waals surface area contributed by atoms with E-state index in [9.17, 15) is 4.79 Å². The maximum Gasteiger partial charge on any atom is 0.312 e. The molecule has 0 amide bonds. The minimum Gasteiger partial charge on any atom is -0.448 e. The van der Waals surface area contributed by atoms with Gasteiger partial charge in [0.15, 0.2) is 5.60 Å². The predicted molar refractivity (Wildman–Crippen MR) is 94.7 cm³/mol. The van der Waals surface area contributed by atoms with Crippen LogP contribution in [0.4, 0.5) is 0 Å². The molecule has 1 saturated carbocycles. The quantitative estimate of drug-likeness (QED) is 0.586. The number of aliphatic imine (C=N–C) groups is 1. The smallest absolute Gasteiger partial charge is 0.312 e. The van der Waals surface area contributed by atoms with Crippen LogP contribution in [0.1, 0.15) is 65.4 Å². The van der Waals surface area contributed by atoms with Crippen molar-refractivity contribution in [3.8, 4) is 0 Å². The zero-order valence-electron chi connectivity index (χ0n) is 14.8. The van der Waals surface area contributed by atoms with Gasteiger partial charge in [0.1, 0.15) is 0 Å². The van der Waals surface area contributed by atoms with E-state index in [1.807, 2.05) is 64.2 Å². The number of rotatable bonds is 4. The van der Waals surface area contributed by atoms with Crippen molar-refractivity contribution in [1.82, 2.24) is 0 Å². The first kappa shape index (κ1) is 17.7. The van der Waals surface area contributed by atoms with Crippen molar-refractivity contribution in [2.24, 2.45) is 10.4 Å². The summed E-state index contributed by atoms with van der Waals surface area (Å²) in [5.41, 5.74) is -0.394. The lowest BCUT2D eigenvalue weighted by atomic mass is 9.93. The number of esters is 1. The lowest BCUT2D eigenvalue weighted by Crippen LogP contribution is -2.36. The summed E-state index contributed by atoms with van der Waals surface area (Å²) >= 11 is 0. The van der Waals surface area contributed by atoms with Crippen LogP contribution in [0.3, 0.4) is 0 Å². The summed E-state index contributed by atoms with van der Waals surface area (Å²) in [6.45, 7) is 7.55. The monoisotopic (exact) mass is 315 g/mol. The fourth-order valence-electron chi connectivity index (χ4n) is 2.75. The topological polar surface area (TPSA) is 38.7 Å². The summed E-state index contributed by atoms with van der Waals surface area (Å²) in [6.07, 6.45) is 7.91. The fraction of sp³-hybridized carbons (Fsp3) is 0.600. The van der Waals surface area contributed by atoms with E-state index >= 15 is 0 Å². The van der Waals surface area contributed by atoms with Crippen molar-refractivity contribution in [1.29, 1.82) is 0 Å². The van der Waals surface area contributed by atoms with Gasteiger partial charge in [-0.2, -0.15) is 0 Å². The molecule has 1 fully saturated rings. The second-order valence-electron chi connectivity index (χ2n) is 7.68. The molecule has 1 aromatic rings. The molecule has 0 spiro atoms. The molecule has 23 heavy (non-hydrogen) atoms. The van der Waals surface area contributed by atoms with Crippen LogP contribution in [0, 0.1) is 5.41 Å². The van der Waals surface area contributed by atoms with Gasteiger partial charge < -0.3 is 4.74 Å². The molecule has 1 aliphatic rings. The van der Waals surface area contributed by atoms with E-state index in [1.54, 1.807) is 0 Å². The Balaban J connectivity index is 2.24. The Labute approximate surface area is 140 Å². The molecule has 0 heterocycles. The summed E-state index contributed by atoms with van der Waals surface area (Å²) in [5, 5.41) is 0. The molecule has 0 N–H and O–H groups in total. The van der Waals surface area contributed by atoms with Crippen molar-refractivity contribution in [2.45, 2.75) is 71.4 Å². The Bertz CT molecular complexity index is 539. The standard InChI is InChI=1S/C20H29NO2/c1-19(2,3)18(22)23-20(4,16-11-7-5-8-12-16)15-21-17-13-9-6-10-14-17/h5,7-8,11-12,15,17H,6,9-10,13-14H2,1-4H3. The van der Waals surface area contributed by atoms with Gasteiger partial charge in [0.2, 0.25) is 0 Å². The first-order chi connectivity index (χ1) is 10.8. The van der Waals surface area contributed by atoms with Gasteiger partial charge in [-0.25, -0.2) is 0 Å². The fourth-order valence-corrected chi connectivity index (χ4v) is 2.75. The number of ether oxygens (including phenoxy) is 1. The Morgan fingerprint density at radius 3 is 2.26 bits per heavy atom. The molecule has 3 heteroatoms. The molecule has 2 rings (SSSR count). The SMILES string of the molecule is CC(C)(C)C(=O)OC(C)(C=NC1CCCCC1)c1ccccc1. The van der Waals surface area contributed by atoms with E-state index in [1.165, 1.54) is 19.3 Å². The molecule has 0 radical (unpaired) electrons. The zero-order valence-corrected chi connectivity index (χ0v) is 14.8. The van der Waals surface area contributed by atoms with Gasteiger partial charge in [-0.1, -0.05) is 49.6 Å². The average molecular weight is 315 g/mol. The summed E-state index contributed by atoms with van der Waals surface area (Å²) < 4.78 is 5.89. The second kappa shape index (κ2) is 7.29. The third-order valence-electron chi connectivity index (χ3n) is 4.37. The molecular weight excluding hydrogens is 286 g/mol. The average Bonchev–Trinajstić information content (AvgIpc) is 2.54. The summed E-state index contributed by atoms with van der Waals surface area (Å²) in [7, 11) is 0. The number of carbonyl (C=O) groups excluding carboxylic acids is 1. The minimum absolute atomic E-state index is 0.209. The lowest BCUT2D eigenvalue weighted by Gasteiger charge is -2.30. The van der Waals surface area contributed by atoms with Crippen molar-refractivity contribution in [3.05, 3.63) is 35.9 Å². The van der Waals surface area contributed by atoms with E-state index in [2.05, 4.69) is 0 Å². The van der Waals surface area contributed by atoms with Crippen molar-refractivity contribution >= 4 is 12.2 Å². The van der Waals surface area contributed by atoms with Crippen LogP contribution in [-0.4, -0.2) is 18.2 Å². The molecule has 0 bridgehead atoms. The number of carbonyl (C=O) groups is 1. The van der Waals surface area contributed by atoms with Crippen LogP contribution in [0.2, 0.25) is 0 Å². The number of hydrogen-bond donors (Lipinski definition) is 0. The minimum atomic E-state index is -0.816. The third kappa shape index (κ3) is 4.92. The molecule has 1 atom stereocenters. The molecule has 126 valence electrons. The van der Waals surface area contributed by atoms with Crippen LogP contribution in [-0.2, 0) is 15.1 Å². The third-order valence-corrected chi connectivity index (χ3v) is 4.37. The van der Waals surface area contributed by atoms with Gasteiger partial charge in [0, 0.05) is 17.8 Å². The highest BCUT2D eigenvalue weighted by Crippen LogP contribution is 2.29. The Hall–Kier alpha value is -1.64. The van der Waals surface area contributed by atoms with Crippen molar-refractivity contribution in [3.63, 3.8) is 0 Å². The molecular formula is C20H29NO2. The van der Waals surface area contributed by atoms with Crippen LogP contribution >= 0.6 is 0 Å². The lowest BCUT2D eigenvalue weighted by molar-refractivity contribution is -0.162. The van der Waals surface area contributed by atoms with Crippen molar-refractivity contribution < 1.29 is 9.53 Å². The van der Waals surface area contributed by atoms with E-state index in [4.69, 9.17) is 9.73 Å². The van der Waals surface area contributed by atoms with E-state index in [0.717, 1.165) is 18.4 Å². The maximum atomic E-state index is 12.4. The highest BCUT2D eigenvalue weighted by molar-refractivity contribution is 5.81. The van der Waals surface area contributed by atoms with Gasteiger partial charge in [0.25, 0.3) is 0 Å². The first-order valence-corrected chi connectivity index (χ1v) is 8.64. The molecule has 0 aromatic heterocycles. The van der Waals surface area contributed by atoms with E-state index in [0.29, 0.717) is 6.04 Å². The normalized spacial score (nSPS) is 19.5. The van der Waals surface area contributed by atoms with Crippen LogP contribution in [0.5, 0.6) is 0 Å². The van der Waals surface area contributed by atoms with Gasteiger partial charge in [-0.3, -0.25) is 9.79 Å². The Morgan fingerprint density at radius 1 is 1.09 bits per heavy atom. The Kier molecular flexibility index (Phi) is 5.61. The Morgan fingerprint density at radius 2 is 1.70 bits per heavy atom. The summed E-state index contributed by atoms with van der Waals surface area (Å²) in [4.78, 5) is 17.2. The molecule has 1 aromatic carbocycles. The largest absolute Gasteiger partial charge is 0.448 e. The number of hydrogen-bond acceptors (Lipinski definition) is 3.